The second kappa shape index (κ2) is 6.76. The normalized spacial score (nSPS) is 17.4. The van der Waals surface area contributed by atoms with Gasteiger partial charge < -0.3 is 5.11 Å². The topological polar surface area (TPSA) is 61.1 Å². The first-order chi connectivity index (χ1) is 9.61. The van der Waals surface area contributed by atoms with Gasteiger partial charge in [-0.25, -0.2) is 0 Å². The minimum atomic E-state index is -1.03. The molecule has 1 saturated carbocycles. The first-order valence-corrected chi connectivity index (χ1v) is 7.45. The Bertz CT molecular complexity index is 530. The molecule has 2 rings (SSSR count). The Hall–Kier alpha value is -1.53. The molecular weight excluding hydrogens is 274 g/mol. The van der Waals surface area contributed by atoms with Gasteiger partial charge in [-0.3, -0.25) is 4.79 Å². The van der Waals surface area contributed by atoms with Crippen LogP contribution in [0.1, 0.15) is 54.7 Å². The predicted octanol–water partition coefficient (Wildman–Crippen LogP) is 3.84. The van der Waals surface area contributed by atoms with Crippen molar-refractivity contribution in [3.8, 4) is 6.07 Å². The van der Waals surface area contributed by atoms with Crippen molar-refractivity contribution in [1.82, 2.24) is 0 Å². The van der Waals surface area contributed by atoms with Gasteiger partial charge in [0.25, 0.3) is 0 Å². The molecule has 3 nitrogen and oxygen atoms in total. The van der Waals surface area contributed by atoms with E-state index in [0.29, 0.717) is 11.5 Å². The first-order valence-electron chi connectivity index (χ1n) is 7.01. The van der Waals surface area contributed by atoms with Crippen molar-refractivity contribution >= 4 is 17.6 Å². The Morgan fingerprint density at radius 1 is 1.40 bits per heavy atom. The van der Waals surface area contributed by atoms with Crippen LogP contribution in [0.4, 0.5) is 0 Å². The summed E-state index contributed by atoms with van der Waals surface area (Å²) in [6.45, 7) is 0. The van der Waals surface area contributed by atoms with Crippen molar-refractivity contribution < 1.29 is 9.90 Å². The molecule has 1 aromatic carbocycles. The number of carboxylic acid groups (broad SMARTS) is 1. The summed E-state index contributed by atoms with van der Waals surface area (Å²) in [6, 6.07) is 7.93. The molecule has 0 amide bonds. The zero-order valence-corrected chi connectivity index (χ0v) is 12.1. The number of hydrogen-bond donors (Lipinski definition) is 1. The summed E-state index contributed by atoms with van der Waals surface area (Å²) in [4.78, 5) is 10.8. The average Bonchev–Trinajstić information content (AvgIpc) is 2.47. The number of carboxylic acids is 1. The Kier molecular flexibility index (Phi) is 5.03. The molecule has 1 N–H and O–H groups in total. The number of nitriles is 1. The van der Waals surface area contributed by atoms with Gasteiger partial charge in [0.2, 0.25) is 0 Å². The second-order valence-electron chi connectivity index (χ2n) is 5.38. The number of benzene rings is 1. The Labute approximate surface area is 124 Å². The molecule has 0 bridgehead atoms. The van der Waals surface area contributed by atoms with E-state index in [1.54, 1.807) is 6.07 Å². The van der Waals surface area contributed by atoms with E-state index in [1.165, 1.54) is 19.3 Å². The van der Waals surface area contributed by atoms with E-state index in [1.807, 2.05) is 12.1 Å². The van der Waals surface area contributed by atoms with Gasteiger partial charge >= 0.3 is 5.97 Å². The molecule has 1 aliphatic rings. The van der Waals surface area contributed by atoms with E-state index in [0.717, 1.165) is 24.0 Å². The van der Waals surface area contributed by atoms with Gasteiger partial charge in [0.15, 0.2) is 0 Å². The second-order valence-corrected chi connectivity index (χ2v) is 5.91. The van der Waals surface area contributed by atoms with E-state index in [4.69, 9.17) is 16.7 Å². The van der Waals surface area contributed by atoms with Crippen molar-refractivity contribution in [3.05, 3.63) is 34.9 Å². The third-order valence-electron chi connectivity index (χ3n) is 3.97. The fourth-order valence-electron chi connectivity index (χ4n) is 2.89. The van der Waals surface area contributed by atoms with Crippen molar-refractivity contribution in [2.75, 3.05) is 0 Å². The molecule has 0 aliphatic heterocycles. The standard InChI is InChI=1S/C16H18ClNO2/c17-15(16(19)20)9-11-6-7-14(13(8-11)10-18)12-4-2-1-3-5-12/h6-8,12,15H,1-5,9H2,(H,19,20). The lowest BCUT2D eigenvalue weighted by Gasteiger charge is -2.23. The Morgan fingerprint density at radius 3 is 2.70 bits per heavy atom. The highest BCUT2D eigenvalue weighted by Gasteiger charge is 2.20. The van der Waals surface area contributed by atoms with Crippen LogP contribution >= 0.6 is 11.6 Å². The highest BCUT2D eigenvalue weighted by atomic mass is 35.5. The van der Waals surface area contributed by atoms with E-state index < -0.39 is 11.3 Å². The fraction of sp³-hybridized carbons (Fsp3) is 0.500. The summed E-state index contributed by atoms with van der Waals surface area (Å²) in [6.07, 6.45) is 6.25. The summed E-state index contributed by atoms with van der Waals surface area (Å²) in [5.74, 6) is -0.555. The maximum Gasteiger partial charge on any atom is 0.321 e. The number of hydrogen-bond acceptors (Lipinski definition) is 2. The molecule has 1 fully saturated rings. The number of alkyl halides is 1. The van der Waals surface area contributed by atoms with Gasteiger partial charge in [-0.15, -0.1) is 11.6 Å². The monoisotopic (exact) mass is 291 g/mol. The smallest absolute Gasteiger partial charge is 0.321 e. The molecule has 0 saturated heterocycles. The SMILES string of the molecule is N#Cc1cc(CC(Cl)C(=O)O)ccc1C1CCCCC1. The van der Waals surface area contributed by atoms with Gasteiger partial charge in [-0.05, 0) is 42.4 Å². The fourth-order valence-corrected chi connectivity index (χ4v) is 3.07. The molecule has 1 unspecified atom stereocenters. The Morgan fingerprint density at radius 2 is 2.10 bits per heavy atom. The summed E-state index contributed by atoms with van der Waals surface area (Å²) in [5.41, 5.74) is 2.59. The third-order valence-corrected chi connectivity index (χ3v) is 4.31. The minimum absolute atomic E-state index is 0.247. The molecular formula is C16H18ClNO2. The van der Waals surface area contributed by atoms with Gasteiger partial charge in [0.1, 0.15) is 5.38 Å². The number of halogens is 1. The van der Waals surface area contributed by atoms with E-state index in [2.05, 4.69) is 6.07 Å². The lowest BCUT2D eigenvalue weighted by Crippen LogP contribution is -2.16. The summed E-state index contributed by atoms with van der Waals surface area (Å²) >= 11 is 5.75. The summed E-state index contributed by atoms with van der Waals surface area (Å²) in [5, 5.41) is 17.2. The molecule has 20 heavy (non-hydrogen) atoms. The molecule has 106 valence electrons. The molecule has 0 spiro atoms. The van der Waals surface area contributed by atoms with Gasteiger partial charge in [-0.2, -0.15) is 5.26 Å². The molecule has 1 aliphatic carbocycles. The van der Waals surface area contributed by atoms with Crippen LogP contribution in [0.5, 0.6) is 0 Å². The van der Waals surface area contributed by atoms with Crippen molar-refractivity contribution in [1.29, 1.82) is 5.26 Å². The van der Waals surface area contributed by atoms with Crippen molar-refractivity contribution in [2.24, 2.45) is 0 Å². The van der Waals surface area contributed by atoms with Crippen LogP contribution in [0.25, 0.3) is 0 Å². The van der Waals surface area contributed by atoms with Crippen LogP contribution in [0, 0.1) is 11.3 Å². The Balaban J connectivity index is 2.19. The van der Waals surface area contributed by atoms with Gasteiger partial charge in [-0.1, -0.05) is 31.4 Å². The van der Waals surface area contributed by atoms with Crippen LogP contribution in [-0.2, 0) is 11.2 Å². The summed E-state index contributed by atoms with van der Waals surface area (Å²) in [7, 11) is 0. The lowest BCUT2D eigenvalue weighted by molar-refractivity contribution is -0.136. The van der Waals surface area contributed by atoms with Crippen molar-refractivity contribution in [2.45, 2.75) is 49.8 Å². The maximum absolute atomic E-state index is 10.8. The largest absolute Gasteiger partial charge is 0.480 e. The molecule has 0 heterocycles. The number of aliphatic carboxylic acids is 1. The number of rotatable bonds is 4. The minimum Gasteiger partial charge on any atom is -0.480 e. The molecule has 1 atom stereocenters. The van der Waals surface area contributed by atoms with Crippen molar-refractivity contribution in [3.63, 3.8) is 0 Å². The van der Waals surface area contributed by atoms with Crippen LogP contribution < -0.4 is 0 Å². The highest BCUT2D eigenvalue weighted by Crippen LogP contribution is 2.34. The first kappa shape index (κ1) is 14.9. The molecule has 0 aromatic heterocycles. The predicted molar refractivity (Wildman–Crippen MR) is 78.0 cm³/mol. The van der Waals surface area contributed by atoms with E-state index in [-0.39, 0.29) is 6.42 Å². The maximum atomic E-state index is 10.8. The van der Waals surface area contributed by atoms with E-state index >= 15 is 0 Å². The average molecular weight is 292 g/mol. The van der Waals surface area contributed by atoms with Crippen LogP contribution in [0.2, 0.25) is 0 Å². The van der Waals surface area contributed by atoms with Gasteiger partial charge in [0, 0.05) is 0 Å². The van der Waals surface area contributed by atoms with Crippen LogP contribution in [0.15, 0.2) is 18.2 Å². The van der Waals surface area contributed by atoms with Crippen LogP contribution in [0.3, 0.4) is 0 Å². The summed E-state index contributed by atoms with van der Waals surface area (Å²) < 4.78 is 0. The lowest BCUT2D eigenvalue weighted by atomic mass is 9.81. The van der Waals surface area contributed by atoms with Gasteiger partial charge in [0.05, 0.1) is 11.6 Å². The molecule has 4 heteroatoms. The van der Waals surface area contributed by atoms with E-state index in [9.17, 15) is 10.1 Å². The number of nitrogens with zero attached hydrogens (tertiary/aromatic N) is 1. The third kappa shape index (κ3) is 3.52. The molecule has 0 radical (unpaired) electrons. The quantitative estimate of drug-likeness (QED) is 0.857. The number of carbonyl (C=O) groups is 1. The zero-order chi connectivity index (χ0) is 14.5. The van der Waals surface area contributed by atoms with Crippen LogP contribution in [-0.4, -0.2) is 16.5 Å². The zero-order valence-electron chi connectivity index (χ0n) is 11.3. The molecule has 1 aromatic rings. The highest BCUT2D eigenvalue weighted by molar-refractivity contribution is 6.29.